The van der Waals surface area contributed by atoms with Crippen molar-refractivity contribution in [3.63, 3.8) is 0 Å². The van der Waals surface area contributed by atoms with E-state index in [1.54, 1.807) is 6.07 Å². The second kappa shape index (κ2) is 6.75. The minimum absolute atomic E-state index is 0.209. The van der Waals surface area contributed by atoms with Crippen LogP contribution >= 0.6 is 0 Å². The molecule has 0 radical (unpaired) electrons. The minimum atomic E-state index is -0.209. The van der Waals surface area contributed by atoms with E-state index in [9.17, 15) is 4.39 Å². The van der Waals surface area contributed by atoms with Crippen molar-refractivity contribution in [1.82, 2.24) is 19.8 Å². The highest BCUT2D eigenvalue weighted by atomic mass is 19.1. The molecular formula is C17H25FN4. The standard InChI is InChI=1S/C17H25FN4/c1-21(2)9-4-10-22-16-7-6-14(18)11-15(16)20-17(22)13-5-3-8-19-12-13/h6-7,11,13,19H,3-5,8-10,12H2,1-2H3. The van der Waals surface area contributed by atoms with Crippen molar-refractivity contribution in [2.24, 2.45) is 0 Å². The molecule has 5 heteroatoms. The van der Waals surface area contributed by atoms with Crippen molar-refractivity contribution in [3.8, 4) is 0 Å². The number of halogens is 1. The molecule has 120 valence electrons. The van der Waals surface area contributed by atoms with Crippen molar-refractivity contribution in [3.05, 3.63) is 29.8 Å². The SMILES string of the molecule is CN(C)CCCn1c(C2CCCNC2)nc2cc(F)ccc21. The van der Waals surface area contributed by atoms with Gasteiger partial charge in [-0.1, -0.05) is 0 Å². The van der Waals surface area contributed by atoms with Gasteiger partial charge in [-0.05, 0) is 58.6 Å². The first-order valence-electron chi connectivity index (χ1n) is 8.16. The van der Waals surface area contributed by atoms with E-state index in [0.29, 0.717) is 5.92 Å². The van der Waals surface area contributed by atoms with E-state index in [4.69, 9.17) is 4.98 Å². The van der Waals surface area contributed by atoms with Gasteiger partial charge in [0.15, 0.2) is 0 Å². The highest BCUT2D eigenvalue weighted by molar-refractivity contribution is 5.76. The van der Waals surface area contributed by atoms with Crippen molar-refractivity contribution in [2.75, 3.05) is 33.7 Å². The molecule has 1 aromatic carbocycles. The van der Waals surface area contributed by atoms with Crippen LogP contribution < -0.4 is 5.32 Å². The molecule has 0 bridgehead atoms. The van der Waals surface area contributed by atoms with Crippen LogP contribution in [0.3, 0.4) is 0 Å². The lowest BCUT2D eigenvalue weighted by Crippen LogP contribution is -2.30. The summed E-state index contributed by atoms with van der Waals surface area (Å²) in [5, 5.41) is 3.45. The topological polar surface area (TPSA) is 33.1 Å². The van der Waals surface area contributed by atoms with Gasteiger partial charge < -0.3 is 14.8 Å². The summed E-state index contributed by atoms with van der Waals surface area (Å²) in [7, 11) is 4.18. The van der Waals surface area contributed by atoms with Gasteiger partial charge in [-0.25, -0.2) is 9.37 Å². The number of benzene rings is 1. The summed E-state index contributed by atoms with van der Waals surface area (Å²) in [4.78, 5) is 6.96. The van der Waals surface area contributed by atoms with Gasteiger partial charge in [-0.3, -0.25) is 0 Å². The first kappa shape index (κ1) is 15.4. The molecule has 1 aliphatic rings. The van der Waals surface area contributed by atoms with Crippen LogP contribution in [-0.2, 0) is 6.54 Å². The van der Waals surface area contributed by atoms with E-state index in [1.165, 1.54) is 12.5 Å². The van der Waals surface area contributed by atoms with Crippen molar-refractivity contribution in [2.45, 2.75) is 31.7 Å². The van der Waals surface area contributed by atoms with Crippen LogP contribution in [0.2, 0.25) is 0 Å². The zero-order valence-corrected chi connectivity index (χ0v) is 13.5. The molecule has 22 heavy (non-hydrogen) atoms. The number of hydrogen-bond donors (Lipinski definition) is 1. The van der Waals surface area contributed by atoms with Crippen LogP contribution in [0.1, 0.15) is 31.0 Å². The summed E-state index contributed by atoms with van der Waals surface area (Å²) in [5.41, 5.74) is 1.84. The molecule has 0 aliphatic carbocycles. The Morgan fingerprint density at radius 1 is 1.41 bits per heavy atom. The number of nitrogens with one attached hydrogen (secondary N) is 1. The number of nitrogens with zero attached hydrogens (tertiary/aromatic N) is 3. The molecule has 1 fully saturated rings. The fourth-order valence-electron chi connectivity index (χ4n) is 3.29. The first-order chi connectivity index (χ1) is 10.6. The lowest BCUT2D eigenvalue weighted by Gasteiger charge is -2.23. The van der Waals surface area contributed by atoms with Gasteiger partial charge in [0.1, 0.15) is 11.6 Å². The van der Waals surface area contributed by atoms with E-state index < -0.39 is 0 Å². The van der Waals surface area contributed by atoms with E-state index in [1.807, 2.05) is 6.07 Å². The molecule has 4 nitrogen and oxygen atoms in total. The summed E-state index contributed by atoms with van der Waals surface area (Å²) in [6.07, 6.45) is 3.41. The smallest absolute Gasteiger partial charge is 0.125 e. The van der Waals surface area contributed by atoms with E-state index in [2.05, 4.69) is 28.9 Å². The lowest BCUT2D eigenvalue weighted by atomic mass is 9.99. The van der Waals surface area contributed by atoms with Gasteiger partial charge >= 0.3 is 0 Å². The Morgan fingerprint density at radius 3 is 3.00 bits per heavy atom. The minimum Gasteiger partial charge on any atom is -0.328 e. The van der Waals surface area contributed by atoms with Crippen LogP contribution in [0, 0.1) is 5.82 Å². The van der Waals surface area contributed by atoms with Crippen LogP contribution in [0.5, 0.6) is 0 Å². The summed E-state index contributed by atoms with van der Waals surface area (Å²) >= 11 is 0. The third-order valence-electron chi connectivity index (χ3n) is 4.39. The van der Waals surface area contributed by atoms with Crippen LogP contribution in [0.4, 0.5) is 4.39 Å². The highest BCUT2D eigenvalue weighted by Crippen LogP contribution is 2.27. The van der Waals surface area contributed by atoms with E-state index in [0.717, 1.165) is 55.9 Å². The number of imidazole rings is 1. The van der Waals surface area contributed by atoms with Gasteiger partial charge in [0.05, 0.1) is 11.0 Å². The normalized spacial score (nSPS) is 19.2. The number of piperidine rings is 1. The summed E-state index contributed by atoms with van der Waals surface area (Å²) < 4.78 is 15.8. The second-order valence-corrected chi connectivity index (χ2v) is 6.45. The molecule has 0 spiro atoms. The zero-order valence-electron chi connectivity index (χ0n) is 13.5. The summed E-state index contributed by atoms with van der Waals surface area (Å²) in [5.74, 6) is 1.34. The van der Waals surface area contributed by atoms with E-state index >= 15 is 0 Å². The van der Waals surface area contributed by atoms with Gasteiger partial charge in [0.25, 0.3) is 0 Å². The number of aromatic nitrogens is 2. The van der Waals surface area contributed by atoms with Crippen molar-refractivity contribution in [1.29, 1.82) is 0 Å². The fourth-order valence-corrected chi connectivity index (χ4v) is 3.29. The van der Waals surface area contributed by atoms with Crippen molar-refractivity contribution >= 4 is 11.0 Å². The Bertz CT molecular complexity index is 629. The van der Waals surface area contributed by atoms with Gasteiger partial charge in [-0.15, -0.1) is 0 Å². The Balaban J connectivity index is 1.93. The largest absolute Gasteiger partial charge is 0.328 e. The Kier molecular flexibility index (Phi) is 4.74. The van der Waals surface area contributed by atoms with E-state index in [-0.39, 0.29) is 5.82 Å². The fraction of sp³-hybridized carbons (Fsp3) is 0.588. The lowest BCUT2D eigenvalue weighted by molar-refractivity contribution is 0.379. The maximum atomic E-state index is 13.5. The van der Waals surface area contributed by atoms with Gasteiger partial charge in [-0.2, -0.15) is 0 Å². The molecule has 0 amide bonds. The second-order valence-electron chi connectivity index (χ2n) is 6.45. The van der Waals surface area contributed by atoms with Crippen molar-refractivity contribution < 1.29 is 4.39 Å². The summed E-state index contributed by atoms with van der Waals surface area (Å²) in [6, 6.07) is 4.96. The molecule has 3 rings (SSSR count). The number of fused-ring (bicyclic) bond motifs is 1. The quantitative estimate of drug-likeness (QED) is 0.922. The molecular weight excluding hydrogens is 279 g/mol. The average molecular weight is 304 g/mol. The average Bonchev–Trinajstić information content (AvgIpc) is 2.86. The molecule has 1 saturated heterocycles. The maximum Gasteiger partial charge on any atom is 0.125 e. The highest BCUT2D eigenvalue weighted by Gasteiger charge is 2.22. The predicted molar refractivity (Wildman–Crippen MR) is 87.7 cm³/mol. The first-order valence-corrected chi connectivity index (χ1v) is 8.16. The molecule has 1 atom stereocenters. The third-order valence-corrected chi connectivity index (χ3v) is 4.39. The molecule has 1 aliphatic heterocycles. The van der Waals surface area contributed by atoms with Crippen LogP contribution in [0.15, 0.2) is 18.2 Å². The third kappa shape index (κ3) is 3.31. The number of rotatable bonds is 5. The molecule has 1 N–H and O–H groups in total. The molecule has 1 unspecified atom stereocenters. The molecule has 0 saturated carbocycles. The molecule has 2 heterocycles. The Hall–Kier alpha value is -1.46. The number of aryl methyl sites for hydroxylation is 1. The molecule has 2 aromatic rings. The van der Waals surface area contributed by atoms with Crippen LogP contribution in [0.25, 0.3) is 11.0 Å². The van der Waals surface area contributed by atoms with Gasteiger partial charge in [0.2, 0.25) is 0 Å². The van der Waals surface area contributed by atoms with Gasteiger partial charge in [0, 0.05) is 25.1 Å². The number of hydrogen-bond acceptors (Lipinski definition) is 3. The van der Waals surface area contributed by atoms with Crippen LogP contribution in [-0.4, -0.2) is 48.2 Å². The summed E-state index contributed by atoms with van der Waals surface area (Å²) in [6.45, 7) is 4.04. The monoisotopic (exact) mass is 304 g/mol. The predicted octanol–water partition coefficient (Wildman–Crippen LogP) is 2.59. The Morgan fingerprint density at radius 2 is 2.27 bits per heavy atom. The Labute approximate surface area is 131 Å². The molecule has 1 aromatic heterocycles. The maximum absolute atomic E-state index is 13.5. The zero-order chi connectivity index (χ0) is 15.5.